The molecule has 0 saturated carbocycles. The molecular formula is C12H16O5. The van der Waals surface area contributed by atoms with E-state index in [4.69, 9.17) is 9.47 Å². The van der Waals surface area contributed by atoms with Gasteiger partial charge < -0.3 is 19.7 Å². The molecule has 2 saturated heterocycles. The summed E-state index contributed by atoms with van der Waals surface area (Å²) >= 11 is 0. The molecule has 3 aliphatic rings. The monoisotopic (exact) mass is 240 g/mol. The average molecular weight is 240 g/mol. The zero-order valence-electron chi connectivity index (χ0n) is 10.0. The SMILES string of the molecule is CC(C)(O)C1OC1C1=CC(=O)C2(C)OC2C1O. The molecule has 5 unspecified atom stereocenters. The van der Waals surface area contributed by atoms with Crippen LogP contribution in [0.15, 0.2) is 11.6 Å². The third-order valence-electron chi connectivity index (χ3n) is 3.79. The third-order valence-corrected chi connectivity index (χ3v) is 3.79. The number of hydrogen-bond donors (Lipinski definition) is 2. The largest absolute Gasteiger partial charge is 0.388 e. The van der Waals surface area contributed by atoms with Crippen molar-refractivity contribution in [3.63, 3.8) is 0 Å². The Kier molecular flexibility index (Phi) is 1.99. The highest BCUT2D eigenvalue weighted by Gasteiger charge is 2.66. The standard InChI is InChI=1S/C12H16O5/c1-11(2,15)10-8(16-10)5-4-6(13)12(3)9(17-12)7(5)14/h4,7-10,14-15H,1-3H3. The maximum absolute atomic E-state index is 11.8. The lowest BCUT2D eigenvalue weighted by Gasteiger charge is -2.19. The quantitative estimate of drug-likeness (QED) is 0.639. The predicted molar refractivity (Wildman–Crippen MR) is 57.3 cm³/mol. The molecule has 3 rings (SSSR count). The average Bonchev–Trinajstić information content (AvgIpc) is 3.03. The molecule has 0 spiro atoms. The molecule has 94 valence electrons. The van der Waals surface area contributed by atoms with E-state index in [0.717, 1.165) is 0 Å². The van der Waals surface area contributed by atoms with Crippen molar-refractivity contribution in [3.8, 4) is 0 Å². The van der Waals surface area contributed by atoms with Crippen molar-refractivity contribution in [2.75, 3.05) is 0 Å². The van der Waals surface area contributed by atoms with E-state index in [2.05, 4.69) is 0 Å². The fourth-order valence-electron chi connectivity index (χ4n) is 2.50. The minimum Gasteiger partial charge on any atom is -0.388 e. The van der Waals surface area contributed by atoms with Gasteiger partial charge in [0.25, 0.3) is 0 Å². The summed E-state index contributed by atoms with van der Waals surface area (Å²) in [5.41, 5.74) is -1.29. The van der Waals surface area contributed by atoms with Gasteiger partial charge in [-0.3, -0.25) is 4.79 Å². The number of rotatable bonds is 2. The molecule has 0 aromatic heterocycles. The molecule has 2 aliphatic heterocycles. The van der Waals surface area contributed by atoms with Crippen LogP contribution in [0.1, 0.15) is 20.8 Å². The van der Waals surface area contributed by atoms with E-state index in [1.165, 1.54) is 6.08 Å². The summed E-state index contributed by atoms with van der Waals surface area (Å²) in [7, 11) is 0. The van der Waals surface area contributed by atoms with Crippen LogP contribution in [0.4, 0.5) is 0 Å². The number of aliphatic hydroxyl groups excluding tert-OH is 1. The first-order valence-corrected chi connectivity index (χ1v) is 5.75. The van der Waals surface area contributed by atoms with Gasteiger partial charge in [0.05, 0.1) is 5.60 Å². The molecule has 2 N–H and O–H groups in total. The van der Waals surface area contributed by atoms with Gasteiger partial charge in [0.1, 0.15) is 24.4 Å². The lowest BCUT2D eigenvalue weighted by Crippen LogP contribution is -2.38. The Morgan fingerprint density at radius 3 is 2.65 bits per heavy atom. The molecule has 0 aromatic rings. The zero-order valence-corrected chi connectivity index (χ0v) is 10.0. The van der Waals surface area contributed by atoms with Gasteiger partial charge in [-0.25, -0.2) is 0 Å². The number of hydrogen-bond acceptors (Lipinski definition) is 5. The first-order chi connectivity index (χ1) is 7.75. The van der Waals surface area contributed by atoms with Crippen LogP contribution in [0.25, 0.3) is 0 Å². The second-order valence-corrected chi connectivity index (χ2v) is 5.73. The van der Waals surface area contributed by atoms with Crippen molar-refractivity contribution in [1.29, 1.82) is 0 Å². The topological polar surface area (TPSA) is 82.6 Å². The summed E-state index contributed by atoms with van der Waals surface area (Å²) < 4.78 is 10.6. The molecule has 0 radical (unpaired) electrons. The van der Waals surface area contributed by atoms with E-state index in [1.54, 1.807) is 20.8 Å². The highest BCUT2D eigenvalue weighted by Crippen LogP contribution is 2.49. The molecule has 5 atom stereocenters. The van der Waals surface area contributed by atoms with Crippen LogP contribution in [0.5, 0.6) is 0 Å². The summed E-state index contributed by atoms with van der Waals surface area (Å²) in [4.78, 5) is 11.8. The Hall–Kier alpha value is -0.750. The number of epoxide rings is 2. The summed E-state index contributed by atoms with van der Waals surface area (Å²) in [5, 5.41) is 19.8. The van der Waals surface area contributed by atoms with Crippen LogP contribution in [0, 0.1) is 0 Å². The van der Waals surface area contributed by atoms with Crippen LogP contribution >= 0.6 is 0 Å². The molecule has 0 amide bonds. The van der Waals surface area contributed by atoms with E-state index in [1.807, 2.05) is 0 Å². The van der Waals surface area contributed by atoms with E-state index in [9.17, 15) is 15.0 Å². The molecule has 0 aromatic carbocycles. The number of ketones is 1. The highest BCUT2D eigenvalue weighted by atomic mass is 16.6. The smallest absolute Gasteiger partial charge is 0.190 e. The highest BCUT2D eigenvalue weighted by molar-refractivity contribution is 6.01. The Labute approximate surface area is 99.0 Å². The van der Waals surface area contributed by atoms with Gasteiger partial charge in [0, 0.05) is 0 Å². The van der Waals surface area contributed by atoms with Gasteiger partial charge in [-0.2, -0.15) is 0 Å². The lowest BCUT2D eigenvalue weighted by atomic mass is 9.84. The molecule has 5 nitrogen and oxygen atoms in total. The van der Waals surface area contributed by atoms with Crippen LogP contribution in [0.3, 0.4) is 0 Å². The van der Waals surface area contributed by atoms with Crippen LogP contribution in [0.2, 0.25) is 0 Å². The number of ether oxygens (including phenoxy) is 2. The fraction of sp³-hybridized carbons (Fsp3) is 0.750. The zero-order chi connectivity index (χ0) is 12.6. The molecule has 2 heterocycles. The fourth-order valence-corrected chi connectivity index (χ4v) is 2.50. The summed E-state index contributed by atoms with van der Waals surface area (Å²) in [6, 6.07) is 0. The Morgan fingerprint density at radius 2 is 2.12 bits per heavy atom. The van der Waals surface area contributed by atoms with Crippen molar-refractivity contribution in [2.45, 2.75) is 56.4 Å². The second kappa shape index (κ2) is 2.98. The Bertz CT molecular complexity index is 421. The van der Waals surface area contributed by atoms with Gasteiger partial charge in [0.15, 0.2) is 11.4 Å². The first-order valence-electron chi connectivity index (χ1n) is 5.75. The van der Waals surface area contributed by atoms with Crippen LogP contribution in [-0.2, 0) is 14.3 Å². The van der Waals surface area contributed by atoms with Gasteiger partial charge >= 0.3 is 0 Å². The minimum absolute atomic E-state index is 0.132. The summed E-state index contributed by atoms with van der Waals surface area (Å²) in [6.07, 6.45) is -0.594. The van der Waals surface area contributed by atoms with Gasteiger partial charge in [-0.1, -0.05) is 0 Å². The molecule has 2 fully saturated rings. The normalized spacial score (nSPS) is 48.5. The van der Waals surface area contributed by atoms with Crippen molar-refractivity contribution in [1.82, 2.24) is 0 Å². The number of fused-ring (bicyclic) bond motifs is 1. The van der Waals surface area contributed by atoms with Crippen LogP contribution in [-0.4, -0.2) is 51.6 Å². The van der Waals surface area contributed by atoms with Gasteiger partial charge in [0.2, 0.25) is 0 Å². The lowest BCUT2D eigenvalue weighted by molar-refractivity contribution is -0.119. The third kappa shape index (κ3) is 1.50. The summed E-state index contributed by atoms with van der Waals surface area (Å²) in [5.74, 6) is -0.132. The maximum Gasteiger partial charge on any atom is 0.190 e. The van der Waals surface area contributed by atoms with Crippen molar-refractivity contribution >= 4 is 5.78 Å². The maximum atomic E-state index is 11.8. The minimum atomic E-state index is -0.973. The number of carbonyl (C=O) groups is 1. The first kappa shape index (κ1) is 11.3. The predicted octanol–water partition coefficient (Wildman–Crippen LogP) is -0.448. The van der Waals surface area contributed by atoms with Crippen molar-refractivity contribution < 1.29 is 24.5 Å². The van der Waals surface area contributed by atoms with Gasteiger partial charge in [-0.15, -0.1) is 0 Å². The van der Waals surface area contributed by atoms with E-state index in [0.29, 0.717) is 5.57 Å². The molecular weight excluding hydrogens is 224 g/mol. The molecule has 0 bridgehead atoms. The molecule has 1 aliphatic carbocycles. The van der Waals surface area contributed by atoms with Gasteiger partial charge in [-0.05, 0) is 32.4 Å². The van der Waals surface area contributed by atoms with Crippen molar-refractivity contribution in [3.05, 3.63) is 11.6 Å². The van der Waals surface area contributed by atoms with Crippen molar-refractivity contribution in [2.24, 2.45) is 0 Å². The Balaban J connectivity index is 1.82. The molecule has 17 heavy (non-hydrogen) atoms. The number of aliphatic hydroxyl groups is 2. The van der Waals surface area contributed by atoms with E-state index >= 15 is 0 Å². The molecule has 5 heteroatoms. The Morgan fingerprint density at radius 1 is 1.47 bits per heavy atom. The van der Waals surface area contributed by atoms with Crippen LogP contribution < -0.4 is 0 Å². The second-order valence-electron chi connectivity index (χ2n) is 5.73. The van der Waals surface area contributed by atoms with E-state index in [-0.39, 0.29) is 18.0 Å². The van der Waals surface area contributed by atoms with E-state index < -0.39 is 23.4 Å². The summed E-state index contributed by atoms with van der Waals surface area (Å²) in [6.45, 7) is 4.97. The number of carbonyl (C=O) groups excluding carboxylic acids is 1.